The van der Waals surface area contributed by atoms with Gasteiger partial charge in [-0.15, -0.1) is 0 Å². The summed E-state index contributed by atoms with van der Waals surface area (Å²) >= 11 is 0. The van der Waals surface area contributed by atoms with Crippen molar-refractivity contribution in [2.24, 2.45) is 17.3 Å². The number of alkyl halides is 3. The average Bonchev–Trinajstić information content (AvgIpc) is 3.46. The number of amides is 1. The van der Waals surface area contributed by atoms with E-state index in [1.54, 1.807) is 0 Å². The minimum Gasteiger partial charge on any atom is -0.494 e. The van der Waals surface area contributed by atoms with E-state index in [1.165, 1.54) is 23.5 Å². The Labute approximate surface area is 304 Å². The summed E-state index contributed by atoms with van der Waals surface area (Å²) in [7, 11) is 0. The van der Waals surface area contributed by atoms with E-state index in [2.05, 4.69) is 49.6 Å². The molecule has 1 aliphatic heterocycles. The number of aromatic nitrogens is 4. The number of anilines is 1. The van der Waals surface area contributed by atoms with Crippen LogP contribution in [0.1, 0.15) is 78.7 Å². The lowest BCUT2D eigenvalue weighted by atomic mass is 9.55. The number of aryl methyl sites for hydroxylation is 1. The van der Waals surface area contributed by atoms with Crippen LogP contribution >= 0.6 is 0 Å². The fourth-order valence-corrected chi connectivity index (χ4v) is 8.77. The van der Waals surface area contributed by atoms with Crippen LogP contribution in [-0.2, 0) is 17.3 Å². The van der Waals surface area contributed by atoms with Crippen molar-refractivity contribution in [2.45, 2.75) is 94.4 Å². The molecule has 1 amide bonds. The first-order chi connectivity index (χ1) is 25.4. The molecule has 7 rings (SSSR count). The number of ether oxygens (including phenoxy) is 3. The molecule has 16 heteroatoms. The van der Waals surface area contributed by atoms with Gasteiger partial charge in [0.25, 0.3) is 5.91 Å². The number of fused-ring (bicyclic) bond motifs is 5. The number of hydrogen-bond donors (Lipinski definition) is 5. The van der Waals surface area contributed by atoms with Gasteiger partial charge in [0.05, 0.1) is 50.1 Å². The van der Waals surface area contributed by atoms with E-state index < -0.39 is 42.1 Å². The van der Waals surface area contributed by atoms with Gasteiger partial charge in [0.15, 0.2) is 5.69 Å². The van der Waals surface area contributed by atoms with Crippen molar-refractivity contribution in [3.63, 3.8) is 0 Å². The third-order valence-corrected chi connectivity index (χ3v) is 11.7. The first-order valence-electron chi connectivity index (χ1n) is 18.2. The minimum absolute atomic E-state index is 0.0552. The molecule has 9 atom stereocenters. The molecular weight excluding hydrogens is 697 g/mol. The van der Waals surface area contributed by atoms with Gasteiger partial charge in [-0.05, 0) is 91.4 Å². The fraction of sp³-hybridized carbons (Fsp3) is 0.595. The van der Waals surface area contributed by atoms with Crippen molar-refractivity contribution < 1.29 is 47.5 Å². The molecule has 3 aromatic rings. The lowest BCUT2D eigenvalue weighted by Gasteiger charge is -2.50. The Balaban J connectivity index is 0.812. The van der Waals surface area contributed by atoms with E-state index in [0.717, 1.165) is 50.5 Å². The number of nitrogens with one attached hydrogen (secondary N) is 2. The second-order valence-electron chi connectivity index (χ2n) is 14.8. The van der Waals surface area contributed by atoms with E-state index in [9.17, 15) is 33.3 Å². The van der Waals surface area contributed by atoms with Crippen molar-refractivity contribution in [1.29, 1.82) is 0 Å². The Hall–Kier alpha value is -4.12. The quantitative estimate of drug-likeness (QED) is 0.180. The summed E-state index contributed by atoms with van der Waals surface area (Å²) in [4.78, 5) is 27.8. The van der Waals surface area contributed by atoms with Crippen molar-refractivity contribution in [1.82, 2.24) is 25.3 Å². The van der Waals surface area contributed by atoms with Crippen molar-refractivity contribution >= 4 is 11.7 Å². The van der Waals surface area contributed by atoms with Crippen LogP contribution < -0.4 is 20.1 Å². The predicted octanol–water partition coefficient (Wildman–Crippen LogP) is 3.68. The van der Waals surface area contributed by atoms with Crippen LogP contribution in [0.25, 0.3) is 0 Å². The Kier molecular flexibility index (Phi) is 10.8. The van der Waals surface area contributed by atoms with Crippen LogP contribution in [0.15, 0.2) is 43.0 Å². The van der Waals surface area contributed by atoms with Crippen molar-refractivity contribution in [3.8, 4) is 11.6 Å². The highest BCUT2D eigenvalue weighted by atomic mass is 19.4. The SMILES string of the molecule is C[C@]12CC[C@@H]3c4ccc(OCCCNC(=O)c5cnc(OC[C@H]6OC[C@H](Nc7cncc(C(F)(F)F)n7)[C@@H](O)[C@H]6O)cn5)cc4CC[C@H]3[C@@H]1CC[C@@H]2O. The molecule has 2 aromatic heterocycles. The van der Waals surface area contributed by atoms with Crippen molar-refractivity contribution in [3.05, 3.63) is 65.5 Å². The van der Waals surface area contributed by atoms with Crippen LogP contribution in [0.3, 0.4) is 0 Å². The second-order valence-corrected chi connectivity index (χ2v) is 14.8. The molecule has 4 aliphatic rings. The second kappa shape index (κ2) is 15.3. The summed E-state index contributed by atoms with van der Waals surface area (Å²) in [5.41, 5.74) is 1.75. The summed E-state index contributed by atoms with van der Waals surface area (Å²) < 4.78 is 56.0. The summed E-state index contributed by atoms with van der Waals surface area (Å²) in [6, 6.07) is 5.48. The van der Waals surface area contributed by atoms with Gasteiger partial charge in [-0.2, -0.15) is 13.2 Å². The molecule has 13 nitrogen and oxygen atoms in total. The van der Waals surface area contributed by atoms with Gasteiger partial charge in [0.2, 0.25) is 5.88 Å². The first-order valence-corrected chi connectivity index (χ1v) is 18.2. The monoisotopic (exact) mass is 742 g/mol. The number of benzene rings is 1. The van der Waals surface area contributed by atoms with Gasteiger partial charge in [0, 0.05) is 6.54 Å². The molecule has 0 radical (unpaired) electrons. The molecule has 5 N–H and O–H groups in total. The Morgan fingerprint density at radius 3 is 2.68 bits per heavy atom. The Morgan fingerprint density at radius 2 is 1.89 bits per heavy atom. The zero-order chi connectivity index (χ0) is 37.3. The maximum absolute atomic E-state index is 13.0. The van der Waals surface area contributed by atoms with E-state index in [-0.39, 0.29) is 42.1 Å². The number of rotatable bonds is 11. The number of nitrogens with zero attached hydrogens (tertiary/aromatic N) is 4. The van der Waals surface area contributed by atoms with Gasteiger partial charge in [-0.25, -0.2) is 15.0 Å². The molecular formula is C37H45F3N6O7. The zero-order valence-electron chi connectivity index (χ0n) is 29.3. The van der Waals surface area contributed by atoms with Crippen LogP contribution in [0.4, 0.5) is 19.0 Å². The highest BCUT2D eigenvalue weighted by Gasteiger charge is 2.54. The van der Waals surface area contributed by atoms with Crippen LogP contribution in [0, 0.1) is 17.3 Å². The van der Waals surface area contributed by atoms with Gasteiger partial charge in [0.1, 0.15) is 42.2 Å². The number of hydrogen-bond acceptors (Lipinski definition) is 12. The van der Waals surface area contributed by atoms with Gasteiger partial charge in [-0.3, -0.25) is 9.78 Å². The number of aliphatic hydroxyl groups excluding tert-OH is 3. The highest BCUT2D eigenvalue weighted by Crippen LogP contribution is 2.61. The molecule has 1 aromatic carbocycles. The largest absolute Gasteiger partial charge is 0.494 e. The molecule has 0 spiro atoms. The van der Waals surface area contributed by atoms with Gasteiger partial charge in [-0.1, -0.05) is 13.0 Å². The van der Waals surface area contributed by atoms with Gasteiger partial charge >= 0.3 is 6.18 Å². The van der Waals surface area contributed by atoms with Crippen molar-refractivity contribution in [2.75, 3.05) is 31.7 Å². The maximum atomic E-state index is 13.0. The van der Waals surface area contributed by atoms with E-state index in [0.29, 0.717) is 43.5 Å². The summed E-state index contributed by atoms with van der Waals surface area (Å²) in [5.74, 6) is 2.04. The van der Waals surface area contributed by atoms with Gasteiger partial charge < -0.3 is 40.2 Å². The smallest absolute Gasteiger partial charge is 0.434 e. The zero-order valence-corrected chi connectivity index (χ0v) is 29.3. The molecule has 3 aliphatic carbocycles. The molecule has 286 valence electrons. The normalized spacial score (nSPS) is 30.8. The molecule has 53 heavy (non-hydrogen) atoms. The molecule has 3 heterocycles. The number of halogens is 3. The number of carbonyl (C=O) groups is 1. The van der Waals surface area contributed by atoms with E-state index >= 15 is 0 Å². The number of aliphatic hydroxyl groups is 3. The standard InChI is InChI=1S/C37H45F3N6O7/c1-36-10-9-23-22-6-4-21(13-20(22)3-5-24(23)25(36)7-8-30(36)47)51-12-2-11-42-35(50)26-14-44-32(17-43-26)53-19-28-34(49)33(48)27(18-52-28)45-31-16-41-15-29(46-31)37(38,39)40/h4,6,13-17,23-25,27-28,30,33-34,47-49H,2-3,5,7-12,18-19H2,1H3,(H,42,50)(H,45,46)/t23-,24-,25+,27+,28-,30+,33-,34+,36+/m1/s1. The molecule has 0 unspecified atom stereocenters. The van der Waals surface area contributed by atoms with Crippen LogP contribution in [0.2, 0.25) is 0 Å². The predicted molar refractivity (Wildman–Crippen MR) is 183 cm³/mol. The van der Waals surface area contributed by atoms with Crippen LogP contribution in [0.5, 0.6) is 11.6 Å². The third-order valence-electron chi connectivity index (χ3n) is 11.7. The Morgan fingerprint density at radius 1 is 1.04 bits per heavy atom. The first kappa shape index (κ1) is 37.2. The Bertz CT molecular complexity index is 1750. The van der Waals surface area contributed by atoms with E-state index in [1.807, 2.05) is 6.07 Å². The minimum atomic E-state index is -4.69. The third kappa shape index (κ3) is 7.91. The van der Waals surface area contributed by atoms with Crippen LogP contribution in [-0.4, -0.2) is 98.0 Å². The molecule has 2 saturated carbocycles. The molecule has 3 fully saturated rings. The lowest BCUT2D eigenvalue weighted by Crippen LogP contribution is -2.57. The lowest BCUT2D eigenvalue weighted by molar-refractivity contribution is -0.150. The average molecular weight is 743 g/mol. The topological polar surface area (TPSA) is 181 Å². The number of carbonyl (C=O) groups excluding carboxylic acids is 1. The summed E-state index contributed by atoms with van der Waals surface area (Å²) in [6.07, 6.45) is 2.49. The van der Waals surface area contributed by atoms with E-state index in [4.69, 9.17) is 14.2 Å². The molecule has 1 saturated heterocycles. The summed E-state index contributed by atoms with van der Waals surface area (Å²) in [5, 5.41) is 37.2. The highest BCUT2D eigenvalue weighted by molar-refractivity contribution is 5.91. The summed E-state index contributed by atoms with van der Waals surface area (Å²) in [6.45, 7) is 2.71. The molecule has 0 bridgehead atoms. The maximum Gasteiger partial charge on any atom is 0.434 e. The fourth-order valence-electron chi connectivity index (χ4n) is 8.77.